The van der Waals surface area contributed by atoms with E-state index in [2.05, 4.69) is 11.8 Å². The summed E-state index contributed by atoms with van der Waals surface area (Å²) in [5.74, 6) is 2.25. The van der Waals surface area contributed by atoms with Crippen molar-refractivity contribution in [2.75, 3.05) is 19.6 Å². The van der Waals surface area contributed by atoms with Crippen molar-refractivity contribution in [2.45, 2.75) is 39.0 Å². The van der Waals surface area contributed by atoms with Gasteiger partial charge in [-0.15, -0.1) is 0 Å². The van der Waals surface area contributed by atoms with E-state index in [9.17, 15) is 4.79 Å². The third kappa shape index (κ3) is 2.57. The molecule has 0 aromatic carbocycles. The first-order valence-electron chi connectivity index (χ1n) is 6.68. The summed E-state index contributed by atoms with van der Waals surface area (Å²) in [7, 11) is 0. The van der Waals surface area contributed by atoms with Crippen molar-refractivity contribution in [1.82, 2.24) is 4.90 Å². The first kappa shape index (κ1) is 11.9. The van der Waals surface area contributed by atoms with Gasteiger partial charge in [0.05, 0.1) is 0 Å². The zero-order valence-corrected chi connectivity index (χ0v) is 10.3. The molecule has 2 atom stereocenters. The van der Waals surface area contributed by atoms with Crippen molar-refractivity contribution in [2.24, 2.45) is 23.5 Å². The summed E-state index contributed by atoms with van der Waals surface area (Å²) < 4.78 is 0. The molecule has 1 heterocycles. The van der Waals surface area contributed by atoms with E-state index in [1.165, 1.54) is 19.3 Å². The van der Waals surface area contributed by atoms with Crippen molar-refractivity contribution < 1.29 is 4.79 Å². The molecule has 0 spiro atoms. The van der Waals surface area contributed by atoms with Gasteiger partial charge in [0.15, 0.2) is 0 Å². The molecule has 92 valence electrons. The van der Waals surface area contributed by atoms with Crippen LogP contribution in [0.4, 0.5) is 0 Å². The van der Waals surface area contributed by atoms with E-state index in [0.717, 1.165) is 25.9 Å². The second kappa shape index (κ2) is 5.17. The fraction of sp³-hybridized carbons (Fsp3) is 0.923. The van der Waals surface area contributed by atoms with E-state index in [0.29, 0.717) is 30.2 Å². The highest BCUT2D eigenvalue weighted by Crippen LogP contribution is 2.31. The van der Waals surface area contributed by atoms with Gasteiger partial charge >= 0.3 is 0 Å². The smallest absolute Gasteiger partial charge is 0.222 e. The van der Waals surface area contributed by atoms with Crippen LogP contribution in [0.1, 0.15) is 39.0 Å². The fourth-order valence-corrected chi connectivity index (χ4v) is 2.76. The molecule has 0 aromatic heterocycles. The zero-order valence-electron chi connectivity index (χ0n) is 10.3. The standard InChI is InChI=1S/C13H24N2O/c1-10-5-6-15(9-12(10)8-14)13(16)7-11-3-2-4-11/h10-12H,2-9,14H2,1H3. The highest BCUT2D eigenvalue weighted by Gasteiger charge is 2.30. The Labute approximate surface area is 98.4 Å². The topological polar surface area (TPSA) is 46.3 Å². The summed E-state index contributed by atoms with van der Waals surface area (Å²) in [6, 6.07) is 0. The van der Waals surface area contributed by atoms with E-state index >= 15 is 0 Å². The molecule has 3 nitrogen and oxygen atoms in total. The summed E-state index contributed by atoms with van der Waals surface area (Å²) >= 11 is 0. The molecule has 1 aliphatic carbocycles. The van der Waals surface area contributed by atoms with Gasteiger partial charge in [0.25, 0.3) is 0 Å². The lowest BCUT2D eigenvalue weighted by molar-refractivity contribution is -0.135. The number of amides is 1. The SMILES string of the molecule is CC1CCN(C(=O)CC2CCC2)CC1CN. The van der Waals surface area contributed by atoms with Gasteiger partial charge in [-0.1, -0.05) is 13.3 Å². The maximum Gasteiger partial charge on any atom is 0.222 e. The van der Waals surface area contributed by atoms with Crippen LogP contribution in [0.3, 0.4) is 0 Å². The van der Waals surface area contributed by atoms with Gasteiger partial charge in [0.2, 0.25) is 5.91 Å². The lowest BCUT2D eigenvalue weighted by Crippen LogP contribution is -2.46. The molecule has 2 aliphatic rings. The van der Waals surface area contributed by atoms with Gasteiger partial charge in [-0.2, -0.15) is 0 Å². The number of rotatable bonds is 3. The normalized spacial score (nSPS) is 31.2. The highest BCUT2D eigenvalue weighted by molar-refractivity contribution is 5.76. The predicted molar refractivity (Wildman–Crippen MR) is 64.9 cm³/mol. The van der Waals surface area contributed by atoms with Crippen LogP contribution in [0, 0.1) is 17.8 Å². The van der Waals surface area contributed by atoms with Crippen molar-refractivity contribution in [3.63, 3.8) is 0 Å². The molecular formula is C13H24N2O. The van der Waals surface area contributed by atoms with Gasteiger partial charge in [0, 0.05) is 19.5 Å². The van der Waals surface area contributed by atoms with Crippen LogP contribution in [0.5, 0.6) is 0 Å². The van der Waals surface area contributed by atoms with Crippen molar-refractivity contribution in [3.05, 3.63) is 0 Å². The highest BCUT2D eigenvalue weighted by atomic mass is 16.2. The number of carbonyl (C=O) groups excluding carboxylic acids is 1. The Hall–Kier alpha value is -0.570. The Morgan fingerprint density at radius 1 is 1.38 bits per heavy atom. The average molecular weight is 224 g/mol. The molecule has 2 N–H and O–H groups in total. The van der Waals surface area contributed by atoms with Gasteiger partial charge in [-0.05, 0) is 43.6 Å². The third-order valence-corrected chi connectivity index (χ3v) is 4.46. The summed E-state index contributed by atoms with van der Waals surface area (Å²) in [5, 5.41) is 0. The minimum Gasteiger partial charge on any atom is -0.342 e. The molecule has 3 heteroatoms. The molecule has 2 unspecified atom stereocenters. The Balaban J connectivity index is 1.81. The number of hydrogen-bond acceptors (Lipinski definition) is 2. The van der Waals surface area contributed by atoms with Crippen LogP contribution in [-0.4, -0.2) is 30.4 Å². The van der Waals surface area contributed by atoms with E-state index < -0.39 is 0 Å². The van der Waals surface area contributed by atoms with E-state index in [1.54, 1.807) is 0 Å². The Morgan fingerprint density at radius 3 is 2.69 bits per heavy atom. The lowest BCUT2D eigenvalue weighted by atomic mass is 9.82. The summed E-state index contributed by atoms with van der Waals surface area (Å²) in [6.07, 6.45) is 5.75. The molecule has 0 bridgehead atoms. The van der Waals surface area contributed by atoms with Crippen molar-refractivity contribution in [1.29, 1.82) is 0 Å². The summed E-state index contributed by atoms with van der Waals surface area (Å²) in [5.41, 5.74) is 5.76. The van der Waals surface area contributed by atoms with Crippen LogP contribution in [0.15, 0.2) is 0 Å². The molecular weight excluding hydrogens is 200 g/mol. The van der Waals surface area contributed by atoms with Gasteiger partial charge in [-0.3, -0.25) is 4.79 Å². The molecule has 2 fully saturated rings. The van der Waals surface area contributed by atoms with E-state index in [4.69, 9.17) is 5.73 Å². The van der Waals surface area contributed by atoms with Crippen LogP contribution < -0.4 is 5.73 Å². The third-order valence-electron chi connectivity index (χ3n) is 4.46. The van der Waals surface area contributed by atoms with Crippen LogP contribution in [0.2, 0.25) is 0 Å². The van der Waals surface area contributed by atoms with Crippen LogP contribution >= 0.6 is 0 Å². The minimum atomic E-state index is 0.370. The molecule has 1 saturated heterocycles. The zero-order chi connectivity index (χ0) is 11.5. The minimum absolute atomic E-state index is 0.370. The van der Waals surface area contributed by atoms with E-state index in [1.807, 2.05) is 0 Å². The number of nitrogens with zero attached hydrogens (tertiary/aromatic N) is 1. The maximum atomic E-state index is 12.1. The second-order valence-electron chi connectivity index (χ2n) is 5.60. The number of piperidine rings is 1. The first-order chi connectivity index (χ1) is 7.70. The molecule has 2 rings (SSSR count). The molecule has 1 amide bonds. The quantitative estimate of drug-likeness (QED) is 0.792. The first-order valence-corrected chi connectivity index (χ1v) is 6.68. The van der Waals surface area contributed by atoms with E-state index in [-0.39, 0.29) is 0 Å². The average Bonchev–Trinajstić information content (AvgIpc) is 2.24. The molecule has 0 aromatic rings. The number of hydrogen-bond donors (Lipinski definition) is 1. The van der Waals surface area contributed by atoms with Crippen LogP contribution in [-0.2, 0) is 4.79 Å². The van der Waals surface area contributed by atoms with Gasteiger partial charge in [0.1, 0.15) is 0 Å². The molecule has 0 radical (unpaired) electrons. The monoisotopic (exact) mass is 224 g/mol. The number of carbonyl (C=O) groups is 1. The van der Waals surface area contributed by atoms with Crippen LogP contribution in [0.25, 0.3) is 0 Å². The Bertz CT molecular complexity index is 250. The predicted octanol–water partition coefficient (Wildman–Crippen LogP) is 1.62. The summed E-state index contributed by atoms with van der Waals surface area (Å²) in [4.78, 5) is 14.1. The lowest BCUT2D eigenvalue weighted by Gasteiger charge is -2.38. The maximum absolute atomic E-state index is 12.1. The molecule has 1 saturated carbocycles. The van der Waals surface area contributed by atoms with Gasteiger partial charge in [-0.25, -0.2) is 0 Å². The van der Waals surface area contributed by atoms with Crippen molar-refractivity contribution in [3.8, 4) is 0 Å². The number of likely N-dealkylation sites (tertiary alicyclic amines) is 1. The molecule has 16 heavy (non-hydrogen) atoms. The number of nitrogens with two attached hydrogens (primary N) is 1. The van der Waals surface area contributed by atoms with Crippen molar-refractivity contribution >= 4 is 5.91 Å². The fourth-order valence-electron chi connectivity index (χ4n) is 2.76. The largest absolute Gasteiger partial charge is 0.342 e. The Morgan fingerprint density at radius 2 is 2.12 bits per heavy atom. The summed E-state index contributed by atoms with van der Waals surface area (Å²) in [6.45, 7) is 4.81. The van der Waals surface area contributed by atoms with Gasteiger partial charge < -0.3 is 10.6 Å². The molecule has 1 aliphatic heterocycles. The second-order valence-corrected chi connectivity index (χ2v) is 5.60. The Kier molecular flexibility index (Phi) is 3.85.